The average Bonchev–Trinajstić information content (AvgIpc) is 2.86. The topological polar surface area (TPSA) is 3.24 Å². The van der Waals surface area contributed by atoms with Gasteiger partial charge in [0.25, 0.3) is 0 Å². The van der Waals surface area contributed by atoms with Gasteiger partial charge in [-0.2, -0.15) is 12.6 Å². The molecule has 0 aromatic heterocycles. The van der Waals surface area contributed by atoms with E-state index in [1.807, 2.05) is 0 Å². The van der Waals surface area contributed by atoms with Gasteiger partial charge in [-0.25, -0.2) is 0 Å². The fraction of sp³-hybridized carbons (Fsp3) is 0.800. The molecular formula is C10H19NS. The Morgan fingerprint density at radius 2 is 2.17 bits per heavy atom. The predicted molar refractivity (Wildman–Crippen MR) is 57.8 cm³/mol. The molecule has 0 bridgehead atoms. The minimum Gasteiger partial charge on any atom is -0.300 e. The Hall–Kier alpha value is 0.0500. The second-order valence-corrected chi connectivity index (χ2v) is 4.04. The Morgan fingerprint density at radius 1 is 1.50 bits per heavy atom. The largest absolute Gasteiger partial charge is 0.300 e. The van der Waals surface area contributed by atoms with E-state index in [-0.39, 0.29) is 0 Å². The van der Waals surface area contributed by atoms with Gasteiger partial charge >= 0.3 is 0 Å². The van der Waals surface area contributed by atoms with Crippen molar-refractivity contribution in [3.05, 3.63) is 12.2 Å². The first-order valence-corrected chi connectivity index (χ1v) is 5.35. The lowest BCUT2D eigenvalue weighted by molar-refractivity contribution is 0.258. The van der Waals surface area contributed by atoms with Crippen LogP contribution in [0.2, 0.25) is 0 Å². The molecule has 12 heavy (non-hydrogen) atoms. The first-order valence-electron chi connectivity index (χ1n) is 4.71. The number of rotatable bonds is 5. The Bertz CT molecular complexity index is 152. The molecule has 1 fully saturated rings. The number of hydrogen-bond acceptors (Lipinski definition) is 2. The van der Waals surface area contributed by atoms with Crippen LogP contribution in [0.15, 0.2) is 12.2 Å². The molecule has 0 saturated heterocycles. The summed E-state index contributed by atoms with van der Waals surface area (Å²) in [7, 11) is 2.20. The number of nitrogens with zero attached hydrogens (tertiary/aromatic N) is 1. The van der Waals surface area contributed by atoms with Crippen molar-refractivity contribution in [1.29, 1.82) is 0 Å². The van der Waals surface area contributed by atoms with E-state index in [1.165, 1.54) is 12.8 Å². The normalized spacial score (nSPS) is 20.7. The highest BCUT2D eigenvalue weighted by molar-refractivity contribution is 7.80. The first-order chi connectivity index (χ1) is 5.75. The van der Waals surface area contributed by atoms with Crippen molar-refractivity contribution in [1.82, 2.24) is 4.90 Å². The molecule has 1 aliphatic rings. The number of likely N-dealkylation sites (N-methyl/N-ethyl adjacent to an activating group) is 1. The summed E-state index contributed by atoms with van der Waals surface area (Å²) in [5, 5.41) is 0. The smallest absolute Gasteiger partial charge is 0.0163 e. The molecule has 0 amide bonds. The third-order valence-electron chi connectivity index (χ3n) is 2.66. The van der Waals surface area contributed by atoms with Crippen LogP contribution in [-0.2, 0) is 0 Å². The summed E-state index contributed by atoms with van der Waals surface area (Å²) in [5.41, 5.74) is 0. The van der Waals surface area contributed by atoms with Crippen LogP contribution in [0.5, 0.6) is 0 Å². The van der Waals surface area contributed by atoms with E-state index in [2.05, 4.69) is 43.7 Å². The van der Waals surface area contributed by atoms with Gasteiger partial charge in [0.2, 0.25) is 0 Å². The van der Waals surface area contributed by atoms with Crippen LogP contribution in [-0.4, -0.2) is 30.3 Å². The van der Waals surface area contributed by atoms with E-state index in [9.17, 15) is 0 Å². The summed E-state index contributed by atoms with van der Waals surface area (Å²) >= 11 is 4.12. The molecule has 0 N–H and O–H groups in total. The number of thiol groups is 1. The van der Waals surface area contributed by atoms with E-state index >= 15 is 0 Å². The lowest BCUT2D eigenvalue weighted by atomic mass is 10.2. The van der Waals surface area contributed by atoms with Crippen molar-refractivity contribution in [3.63, 3.8) is 0 Å². The maximum absolute atomic E-state index is 4.12. The van der Waals surface area contributed by atoms with Gasteiger partial charge in [0.05, 0.1) is 0 Å². The maximum atomic E-state index is 4.12. The molecule has 2 heteroatoms. The van der Waals surface area contributed by atoms with Crippen LogP contribution in [0.3, 0.4) is 0 Å². The monoisotopic (exact) mass is 185 g/mol. The zero-order valence-corrected chi connectivity index (χ0v) is 8.93. The van der Waals surface area contributed by atoms with Crippen molar-refractivity contribution in [2.75, 3.05) is 19.3 Å². The minimum absolute atomic E-state index is 0.759. The molecule has 1 unspecified atom stereocenters. The maximum Gasteiger partial charge on any atom is 0.0163 e. The van der Waals surface area contributed by atoms with E-state index in [4.69, 9.17) is 0 Å². The molecule has 1 rings (SSSR count). The van der Waals surface area contributed by atoms with Gasteiger partial charge in [-0.3, -0.25) is 4.90 Å². The second kappa shape index (κ2) is 4.93. The Kier molecular flexibility index (Phi) is 4.16. The van der Waals surface area contributed by atoms with Gasteiger partial charge in [-0.1, -0.05) is 12.2 Å². The SMILES string of the molecule is CC(C1CC1)N(C)CC=CCS. The zero-order chi connectivity index (χ0) is 8.97. The van der Waals surface area contributed by atoms with Gasteiger partial charge in [0.1, 0.15) is 0 Å². The average molecular weight is 185 g/mol. The van der Waals surface area contributed by atoms with Crippen LogP contribution in [0.25, 0.3) is 0 Å². The molecule has 1 saturated carbocycles. The van der Waals surface area contributed by atoms with Crippen LogP contribution in [0.1, 0.15) is 19.8 Å². The Labute approximate surface area is 81.2 Å². The van der Waals surface area contributed by atoms with Gasteiger partial charge in [0, 0.05) is 18.3 Å². The van der Waals surface area contributed by atoms with Crippen molar-refractivity contribution >= 4 is 12.6 Å². The fourth-order valence-corrected chi connectivity index (χ4v) is 1.57. The molecule has 0 aliphatic heterocycles. The first kappa shape index (κ1) is 10.1. The third kappa shape index (κ3) is 3.20. The summed E-state index contributed by atoms with van der Waals surface area (Å²) < 4.78 is 0. The van der Waals surface area contributed by atoms with E-state index in [0.717, 1.165) is 24.3 Å². The molecule has 1 aliphatic carbocycles. The van der Waals surface area contributed by atoms with Crippen molar-refractivity contribution < 1.29 is 0 Å². The van der Waals surface area contributed by atoms with Crippen molar-refractivity contribution in [3.8, 4) is 0 Å². The van der Waals surface area contributed by atoms with Crippen LogP contribution in [0, 0.1) is 5.92 Å². The van der Waals surface area contributed by atoms with Gasteiger partial charge in [-0.05, 0) is 32.7 Å². The van der Waals surface area contributed by atoms with Gasteiger partial charge < -0.3 is 0 Å². The lowest BCUT2D eigenvalue weighted by Gasteiger charge is -2.22. The molecule has 0 heterocycles. The lowest BCUT2D eigenvalue weighted by Crippen LogP contribution is -2.30. The molecule has 0 radical (unpaired) electrons. The number of hydrogen-bond donors (Lipinski definition) is 1. The Morgan fingerprint density at radius 3 is 2.67 bits per heavy atom. The van der Waals surface area contributed by atoms with Gasteiger partial charge in [0.15, 0.2) is 0 Å². The predicted octanol–water partition coefficient (Wildman–Crippen LogP) is 2.20. The minimum atomic E-state index is 0.759. The zero-order valence-electron chi connectivity index (χ0n) is 8.03. The second-order valence-electron chi connectivity index (χ2n) is 3.67. The summed E-state index contributed by atoms with van der Waals surface area (Å²) in [6.45, 7) is 3.39. The standard InChI is InChI=1S/C10H19NS/c1-9(10-5-6-10)11(2)7-3-4-8-12/h3-4,9-10,12H,5-8H2,1-2H3. The highest BCUT2D eigenvalue weighted by Crippen LogP contribution is 2.34. The molecule has 0 spiro atoms. The molecule has 0 aromatic carbocycles. The van der Waals surface area contributed by atoms with Crippen LogP contribution < -0.4 is 0 Å². The van der Waals surface area contributed by atoms with Crippen molar-refractivity contribution in [2.45, 2.75) is 25.8 Å². The molecule has 1 atom stereocenters. The highest BCUT2D eigenvalue weighted by atomic mass is 32.1. The summed E-state index contributed by atoms with van der Waals surface area (Å²) in [6, 6.07) is 0.759. The Balaban J connectivity index is 2.17. The molecule has 70 valence electrons. The molecule has 1 nitrogen and oxygen atoms in total. The van der Waals surface area contributed by atoms with Crippen LogP contribution in [0.4, 0.5) is 0 Å². The quantitative estimate of drug-likeness (QED) is 0.507. The van der Waals surface area contributed by atoms with Gasteiger partial charge in [-0.15, -0.1) is 0 Å². The third-order valence-corrected chi connectivity index (χ3v) is 2.88. The fourth-order valence-electron chi connectivity index (χ4n) is 1.42. The van der Waals surface area contributed by atoms with E-state index in [1.54, 1.807) is 0 Å². The van der Waals surface area contributed by atoms with E-state index in [0.29, 0.717) is 0 Å². The summed E-state index contributed by atoms with van der Waals surface area (Å²) in [4.78, 5) is 2.41. The molecule has 0 aromatic rings. The van der Waals surface area contributed by atoms with Crippen LogP contribution >= 0.6 is 12.6 Å². The van der Waals surface area contributed by atoms with Crippen molar-refractivity contribution in [2.24, 2.45) is 5.92 Å². The summed E-state index contributed by atoms with van der Waals surface area (Å²) in [5.74, 6) is 1.82. The van der Waals surface area contributed by atoms with E-state index < -0.39 is 0 Å². The highest BCUT2D eigenvalue weighted by Gasteiger charge is 2.29. The molecular weight excluding hydrogens is 166 g/mol. The summed E-state index contributed by atoms with van der Waals surface area (Å²) in [6.07, 6.45) is 7.18.